The Kier molecular flexibility index (Phi) is 5.70. The van der Waals surface area contributed by atoms with E-state index in [0.29, 0.717) is 35.9 Å². The van der Waals surface area contributed by atoms with Crippen LogP contribution < -0.4 is 14.5 Å². The molecular weight excluding hydrogens is 424 g/mol. The smallest absolute Gasteiger partial charge is 0.282 e. The second-order valence-electron chi connectivity index (χ2n) is 8.80. The van der Waals surface area contributed by atoms with Crippen LogP contribution in [0.3, 0.4) is 0 Å². The number of para-hydroxylation sites is 1. The molecule has 0 fully saturated rings. The Morgan fingerprint density at radius 2 is 1.68 bits per heavy atom. The van der Waals surface area contributed by atoms with E-state index < -0.39 is 0 Å². The van der Waals surface area contributed by atoms with Gasteiger partial charge in [0.25, 0.3) is 11.8 Å². The molecule has 5 heteroatoms. The Labute approximate surface area is 200 Å². The molecule has 34 heavy (non-hydrogen) atoms. The molecule has 0 unspecified atom stereocenters. The Bertz CT molecular complexity index is 1310. The average Bonchev–Trinajstić information content (AvgIpc) is 3.09. The fourth-order valence-corrected chi connectivity index (χ4v) is 4.96. The van der Waals surface area contributed by atoms with Gasteiger partial charge in [-0.15, -0.1) is 0 Å². The first kappa shape index (κ1) is 22.0. The van der Waals surface area contributed by atoms with Crippen molar-refractivity contribution in [1.29, 1.82) is 0 Å². The lowest BCUT2D eigenvalue weighted by atomic mass is 9.95. The number of benzene rings is 3. The highest BCUT2D eigenvalue weighted by atomic mass is 16.5. The molecule has 2 aliphatic heterocycles. The van der Waals surface area contributed by atoms with Crippen LogP contribution in [0, 0.1) is 13.8 Å². The van der Waals surface area contributed by atoms with Crippen LogP contribution in [0.5, 0.6) is 5.75 Å². The van der Waals surface area contributed by atoms with Crippen LogP contribution in [0.25, 0.3) is 5.57 Å². The highest BCUT2D eigenvalue weighted by Crippen LogP contribution is 2.40. The first-order valence-corrected chi connectivity index (χ1v) is 11.8. The monoisotopic (exact) mass is 452 g/mol. The zero-order valence-electron chi connectivity index (χ0n) is 19.8. The maximum Gasteiger partial charge on any atom is 0.282 e. The van der Waals surface area contributed by atoms with Crippen LogP contribution >= 0.6 is 0 Å². The van der Waals surface area contributed by atoms with Crippen LogP contribution in [-0.4, -0.2) is 25.0 Å². The number of ether oxygens (including phenoxy) is 1. The Morgan fingerprint density at radius 3 is 2.41 bits per heavy atom. The van der Waals surface area contributed by atoms with Crippen molar-refractivity contribution in [2.24, 2.45) is 0 Å². The first-order chi connectivity index (χ1) is 16.5. The van der Waals surface area contributed by atoms with E-state index in [1.807, 2.05) is 56.0 Å². The normalized spacial score (nSPS) is 15.7. The maximum atomic E-state index is 14.0. The SMILES string of the molecule is CCOc1ccc(N2C(=O)C(c3ccc(C)cc3C)=C(N3CCCc4ccccc43)C2=O)cc1. The van der Waals surface area contributed by atoms with E-state index in [2.05, 4.69) is 12.1 Å². The fourth-order valence-electron chi connectivity index (χ4n) is 4.96. The van der Waals surface area contributed by atoms with E-state index >= 15 is 0 Å². The second-order valence-corrected chi connectivity index (χ2v) is 8.80. The fraction of sp³-hybridized carbons (Fsp3) is 0.241. The molecule has 0 saturated heterocycles. The molecule has 3 aromatic rings. The number of carbonyl (C=O) groups excluding carboxylic acids is 2. The Balaban J connectivity index is 1.67. The number of imide groups is 1. The summed E-state index contributed by atoms with van der Waals surface area (Å²) >= 11 is 0. The third-order valence-electron chi connectivity index (χ3n) is 6.50. The highest BCUT2D eigenvalue weighted by molar-refractivity contribution is 6.46. The van der Waals surface area contributed by atoms with Gasteiger partial charge in [-0.1, -0.05) is 42.0 Å². The standard InChI is InChI=1S/C29H28N2O3/c1-4-34-23-14-12-22(13-15-23)31-28(32)26(24-16-11-19(2)18-20(24)3)27(29(31)33)30-17-7-9-21-8-5-6-10-25(21)30/h5-6,8,10-16,18H,4,7,9,17H2,1-3H3. The van der Waals surface area contributed by atoms with Crippen molar-refractivity contribution in [2.45, 2.75) is 33.6 Å². The maximum absolute atomic E-state index is 14.0. The van der Waals surface area contributed by atoms with Crippen molar-refractivity contribution >= 4 is 28.8 Å². The van der Waals surface area contributed by atoms with Gasteiger partial charge in [-0.3, -0.25) is 9.59 Å². The third-order valence-corrected chi connectivity index (χ3v) is 6.50. The molecule has 3 aromatic carbocycles. The summed E-state index contributed by atoms with van der Waals surface area (Å²) in [5.41, 5.74) is 6.56. The molecule has 2 aliphatic rings. The summed E-state index contributed by atoms with van der Waals surface area (Å²) in [6, 6.07) is 21.3. The summed E-state index contributed by atoms with van der Waals surface area (Å²) in [6.07, 6.45) is 1.88. The molecular formula is C29H28N2O3. The Hall–Kier alpha value is -3.86. The molecule has 0 atom stereocenters. The Morgan fingerprint density at radius 1 is 0.912 bits per heavy atom. The van der Waals surface area contributed by atoms with Crippen LogP contribution in [-0.2, 0) is 16.0 Å². The lowest BCUT2D eigenvalue weighted by molar-refractivity contribution is -0.120. The number of fused-ring (bicyclic) bond motifs is 1. The molecule has 0 radical (unpaired) electrons. The van der Waals surface area contributed by atoms with Gasteiger partial charge in [0, 0.05) is 12.2 Å². The van der Waals surface area contributed by atoms with Crippen molar-refractivity contribution in [3.63, 3.8) is 0 Å². The minimum atomic E-state index is -0.292. The summed E-state index contributed by atoms with van der Waals surface area (Å²) in [5.74, 6) is 0.123. The quantitative estimate of drug-likeness (QED) is 0.484. The molecule has 0 aliphatic carbocycles. The molecule has 2 amide bonds. The van der Waals surface area contributed by atoms with Gasteiger partial charge in [0.2, 0.25) is 0 Å². The number of amides is 2. The number of rotatable bonds is 5. The van der Waals surface area contributed by atoms with Crippen molar-refractivity contribution in [1.82, 2.24) is 0 Å². The zero-order chi connectivity index (χ0) is 23.8. The summed E-state index contributed by atoms with van der Waals surface area (Å²) in [5, 5.41) is 0. The molecule has 0 N–H and O–H groups in total. The van der Waals surface area contributed by atoms with Crippen LogP contribution in [0.2, 0.25) is 0 Å². The number of aryl methyl sites for hydroxylation is 3. The molecule has 0 saturated carbocycles. The van der Waals surface area contributed by atoms with Gasteiger partial charge in [-0.05, 0) is 80.6 Å². The topological polar surface area (TPSA) is 49.9 Å². The molecule has 172 valence electrons. The largest absolute Gasteiger partial charge is 0.494 e. The molecule has 2 heterocycles. The van der Waals surface area contributed by atoms with Gasteiger partial charge in [-0.2, -0.15) is 0 Å². The van der Waals surface area contributed by atoms with E-state index in [9.17, 15) is 9.59 Å². The lowest BCUT2D eigenvalue weighted by Crippen LogP contribution is -2.37. The predicted molar refractivity (Wildman–Crippen MR) is 135 cm³/mol. The molecule has 5 rings (SSSR count). The van der Waals surface area contributed by atoms with E-state index in [4.69, 9.17) is 4.74 Å². The van der Waals surface area contributed by atoms with E-state index in [1.54, 1.807) is 24.3 Å². The number of nitrogens with zero attached hydrogens (tertiary/aromatic N) is 2. The van der Waals surface area contributed by atoms with E-state index in [0.717, 1.165) is 35.2 Å². The summed E-state index contributed by atoms with van der Waals surface area (Å²) in [4.78, 5) is 31.2. The molecule has 0 spiro atoms. The van der Waals surface area contributed by atoms with Crippen molar-refractivity contribution in [2.75, 3.05) is 23.0 Å². The number of anilines is 2. The van der Waals surface area contributed by atoms with Gasteiger partial charge in [0.05, 0.1) is 17.9 Å². The third kappa shape index (κ3) is 3.67. The summed E-state index contributed by atoms with van der Waals surface area (Å²) < 4.78 is 5.54. The van der Waals surface area contributed by atoms with Crippen LogP contribution in [0.1, 0.15) is 35.6 Å². The van der Waals surface area contributed by atoms with Gasteiger partial charge in [0.1, 0.15) is 11.4 Å². The summed E-state index contributed by atoms with van der Waals surface area (Å²) in [6.45, 7) is 7.19. The van der Waals surface area contributed by atoms with Crippen molar-refractivity contribution < 1.29 is 14.3 Å². The van der Waals surface area contributed by atoms with Crippen molar-refractivity contribution in [3.8, 4) is 5.75 Å². The zero-order valence-corrected chi connectivity index (χ0v) is 19.8. The van der Waals surface area contributed by atoms with Gasteiger partial charge in [0.15, 0.2) is 0 Å². The summed E-state index contributed by atoms with van der Waals surface area (Å²) in [7, 11) is 0. The minimum Gasteiger partial charge on any atom is -0.494 e. The lowest BCUT2D eigenvalue weighted by Gasteiger charge is -2.32. The van der Waals surface area contributed by atoms with Gasteiger partial charge in [-0.25, -0.2) is 4.90 Å². The average molecular weight is 453 g/mol. The number of carbonyl (C=O) groups is 2. The number of hydrogen-bond donors (Lipinski definition) is 0. The van der Waals surface area contributed by atoms with E-state index in [1.165, 1.54) is 10.5 Å². The van der Waals surface area contributed by atoms with Crippen LogP contribution in [0.15, 0.2) is 72.4 Å². The van der Waals surface area contributed by atoms with Gasteiger partial charge < -0.3 is 9.64 Å². The molecule has 0 bridgehead atoms. The molecule has 5 nitrogen and oxygen atoms in total. The molecule has 0 aromatic heterocycles. The minimum absolute atomic E-state index is 0.291. The number of hydrogen-bond acceptors (Lipinski definition) is 4. The second kappa shape index (κ2) is 8.82. The first-order valence-electron chi connectivity index (χ1n) is 11.8. The van der Waals surface area contributed by atoms with E-state index in [-0.39, 0.29) is 11.8 Å². The van der Waals surface area contributed by atoms with Crippen molar-refractivity contribution in [3.05, 3.63) is 94.7 Å². The highest BCUT2D eigenvalue weighted by Gasteiger charge is 2.44. The van der Waals surface area contributed by atoms with Crippen LogP contribution in [0.4, 0.5) is 11.4 Å². The van der Waals surface area contributed by atoms with Gasteiger partial charge >= 0.3 is 0 Å². The predicted octanol–water partition coefficient (Wildman–Crippen LogP) is 5.44.